The van der Waals surface area contributed by atoms with E-state index in [0.29, 0.717) is 35.0 Å². The normalized spacial score (nSPS) is 21.4. The van der Waals surface area contributed by atoms with E-state index < -0.39 is 18.5 Å². The van der Waals surface area contributed by atoms with Crippen molar-refractivity contribution in [3.05, 3.63) is 17.7 Å². The first kappa shape index (κ1) is 22.8. The Bertz CT molecular complexity index is 688. The average molecular weight is 408 g/mol. The van der Waals surface area contributed by atoms with Crippen LogP contribution in [0.5, 0.6) is 17.2 Å². The van der Waals surface area contributed by atoms with Gasteiger partial charge in [-0.3, -0.25) is 0 Å². The molecule has 0 heterocycles. The number of ether oxygens (including phenoxy) is 5. The van der Waals surface area contributed by atoms with Gasteiger partial charge in [0.05, 0.1) is 26.9 Å². The molecule has 0 amide bonds. The molecule has 7 nitrogen and oxygen atoms in total. The fourth-order valence-corrected chi connectivity index (χ4v) is 3.86. The Morgan fingerprint density at radius 2 is 1.66 bits per heavy atom. The van der Waals surface area contributed by atoms with Gasteiger partial charge in [-0.05, 0) is 42.7 Å². The number of methoxy groups -OCH3 is 3. The van der Waals surface area contributed by atoms with Crippen molar-refractivity contribution in [2.45, 2.75) is 46.1 Å². The fourth-order valence-electron chi connectivity index (χ4n) is 3.86. The summed E-state index contributed by atoms with van der Waals surface area (Å²) in [7, 11) is 4.39. The van der Waals surface area contributed by atoms with Crippen LogP contribution >= 0.6 is 0 Å². The number of carbonyl (C=O) groups excluding carboxylic acids is 2. The third-order valence-electron chi connectivity index (χ3n) is 5.47. The third kappa shape index (κ3) is 5.78. The van der Waals surface area contributed by atoms with E-state index in [9.17, 15) is 9.59 Å². The summed E-state index contributed by atoms with van der Waals surface area (Å²) in [4.78, 5) is 24.7. The summed E-state index contributed by atoms with van der Waals surface area (Å²) in [6.45, 7) is 6.02. The Morgan fingerprint density at radius 3 is 2.17 bits per heavy atom. The molecule has 2 rings (SSSR count). The molecule has 1 aliphatic carbocycles. The van der Waals surface area contributed by atoms with Crippen LogP contribution in [-0.4, -0.2) is 46.0 Å². The second-order valence-corrected chi connectivity index (χ2v) is 7.84. The van der Waals surface area contributed by atoms with Crippen molar-refractivity contribution in [1.82, 2.24) is 0 Å². The van der Waals surface area contributed by atoms with Crippen LogP contribution in [0, 0.1) is 17.8 Å². The Morgan fingerprint density at radius 1 is 1.03 bits per heavy atom. The van der Waals surface area contributed by atoms with Gasteiger partial charge in [-0.25, -0.2) is 9.59 Å². The summed E-state index contributed by atoms with van der Waals surface area (Å²) < 4.78 is 26.5. The standard InChI is InChI=1S/C22H32O7/c1-13(2)16-8-7-14(3)9-17(16)29-20(23)12-28-22(24)15-10-18(25-4)21(27-6)19(11-15)26-5/h10-11,13-14,16-17H,7-9,12H2,1-6H3/t14-,16+,17+/m0/s1. The SMILES string of the molecule is COc1cc(C(=O)OCC(=O)O[C@@H]2C[C@@H](C)CC[C@@H]2C(C)C)cc(OC)c1OC. The zero-order valence-corrected chi connectivity index (χ0v) is 18.2. The van der Waals surface area contributed by atoms with Crippen LogP contribution in [0.3, 0.4) is 0 Å². The summed E-state index contributed by atoms with van der Waals surface area (Å²) in [6.07, 6.45) is 2.90. The van der Waals surface area contributed by atoms with Crippen molar-refractivity contribution in [2.75, 3.05) is 27.9 Å². The van der Waals surface area contributed by atoms with E-state index in [1.54, 1.807) is 0 Å². The molecule has 1 saturated carbocycles. The van der Waals surface area contributed by atoms with Gasteiger partial charge in [-0.1, -0.05) is 27.2 Å². The monoisotopic (exact) mass is 408 g/mol. The van der Waals surface area contributed by atoms with Crippen molar-refractivity contribution in [2.24, 2.45) is 17.8 Å². The predicted octanol–water partition coefficient (Wildman–Crippen LogP) is 3.87. The molecule has 1 aliphatic rings. The molecule has 0 unspecified atom stereocenters. The second kappa shape index (κ2) is 10.4. The van der Waals surface area contributed by atoms with Gasteiger partial charge in [-0.2, -0.15) is 0 Å². The minimum Gasteiger partial charge on any atom is -0.493 e. The van der Waals surface area contributed by atoms with Crippen LogP contribution in [-0.2, 0) is 14.3 Å². The summed E-state index contributed by atoms with van der Waals surface area (Å²) in [5.74, 6) is 1.12. The van der Waals surface area contributed by atoms with Crippen molar-refractivity contribution in [1.29, 1.82) is 0 Å². The number of carbonyl (C=O) groups is 2. The predicted molar refractivity (Wildman–Crippen MR) is 108 cm³/mol. The maximum Gasteiger partial charge on any atom is 0.344 e. The molecule has 0 bridgehead atoms. The van der Waals surface area contributed by atoms with Crippen molar-refractivity contribution < 1.29 is 33.3 Å². The van der Waals surface area contributed by atoms with Crippen molar-refractivity contribution in [3.8, 4) is 17.2 Å². The molecular formula is C22H32O7. The lowest BCUT2D eigenvalue weighted by atomic mass is 9.75. The van der Waals surface area contributed by atoms with Crippen LogP contribution < -0.4 is 14.2 Å². The highest BCUT2D eigenvalue weighted by Gasteiger charge is 2.33. The lowest BCUT2D eigenvalue weighted by Crippen LogP contribution is -2.36. The molecule has 0 aromatic heterocycles. The van der Waals surface area contributed by atoms with E-state index in [1.807, 2.05) is 0 Å². The molecule has 1 fully saturated rings. The minimum atomic E-state index is -0.668. The number of hydrogen-bond acceptors (Lipinski definition) is 7. The zero-order chi connectivity index (χ0) is 21.6. The minimum absolute atomic E-state index is 0.133. The van der Waals surface area contributed by atoms with Crippen LogP contribution in [0.4, 0.5) is 0 Å². The average Bonchev–Trinajstić information content (AvgIpc) is 2.70. The fraction of sp³-hybridized carbons (Fsp3) is 0.636. The molecule has 0 radical (unpaired) electrons. The maximum atomic E-state index is 12.4. The van der Waals surface area contributed by atoms with Gasteiger partial charge in [0.2, 0.25) is 5.75 Å². The molecule has 1 aromatic carbocycles. The van der Waals surface area contributed by atoms with Gasteiger partial charge < -0.3 is 23.7 Å². The highest BCUT2D eigenvalue weighted by atomic mass is 16.6. The van der Waals surface area contributed by atoms with Crippen molar-refractivity contribution in [3.63, 3.8) is 0 Å². The molecular weight excluding hydrogens is 376 g/mol. The number of hydrogen-bond donors (Lipinski definition) is 0. The molecule has 29 heavy (non-hydrogen) atoms. The van der Waals surface area contributed by atoms with E-state index >= 15 is 0 Å². The van der Waals surface area contributed by atoms with Crippen LogP contribution in [0.25, 0.3) is 0 Å². The largest absolute Gasteiger partial charge is 0.493 e. The molecule has 7 heteroatoms. The molecule has 162 valence electrons. The number of rotatable bonds is 8. The van der Waals surface area contributed by atoms with Crippen LogP contribution in [0.15, 0.2) is 12.1 Å². The van der Waals surface area contributed by atoms with Gasteiger partial charge >= 0.3 is 11.9 Å². The molecule has 0 saturated heterocycles. The second-order valence-electron chi connectivity index (χ2n) is 7.84. The van der Waals surface area contributed by atoms with E-state index in [0.717, 1.165) is 19.3 Å². The molecule has 3 atom stereocenters. The number of benzene rings is 1. The van der Waals surface area contributed by atoms with Gasteiger partial charge in [-0.15, -0.1) is 0 Å². The van der Waals surface area contributed by atoms with Gasteiger partial charge in [0.15, 0.2) is 18.1 Å². The van der Waals surface area contributed by atoms with E-state index in [-0.39, 0.29) is 11.7 Å². The smallest absolute Gasteiger partial charge is 0.344 e. The Balaban J connectivity index is 2.00. The summed E-state index contributed by atoms with van der Waals surface area (Å²) in [5.41, 5.74) is 0.193. The first-order valence-electron chi connectivity index (χ1n) is 9.97. The quantitative estimate of drug-likeness (QED) is 0.604. The summed E-state index contributed by atoms with van der Waals surface area (Å²) >= 11 is 0. The topological polar surface area (TPSA) is 80.3 Å². The van der Waals surface area contributed by atoms with E-state index in [1.165, 1.54) is 33.5 Å². The molecule has 0 aliphatic heterocycles. The molecule has 1 aromatic rings. The lowest BCUT2D eigenvalue weighted by molar-refractivity contribution is -0.159. The third-order valence-corrected chi connectivity index (χ3v) is 5.47. The van der Waals surface area contributed by atoms with Gasteiger partial charge in [0, 0.05) is 0 Å². The molecule has 0 spiro atoms. The Labute approximate surface area is 172 Å². The summed E-state index contributed by atoms with van der Waals surface area (Å²) in [6, 6.07) is 2.96. The zero-order valence-electron chi connectivity index (χ0n) is 18.2. The first-order chi connectivity index (χ1) is 13.8. The Hall–Kier alpha value is -2.44. The van der Waals surface area contributed by atoms with E-state index in [4.69, 9.17) is 23.7 Å². The lowest BCUT2D eigenvalue weighted by Gasteiger charge is -2.36. The van der Waals surface area contributed by atoms with Gasteiger partial charge in [0.1, 0.15) is 6.10 Å². The van der Waals surface area contributed by atoms with Crippen LogP contribution in [0.1, 0.15) is 50.4 Å². The molecule has 0 N–H and O–H groups in total. The number of esters is 2. The van der Waals surface area contributed by atoms with E-state index in [2.05, 4.69) is 20.8 Å². The van der Waals surface area contributed by atoms with Gasteiger partial charge in [0.25, 0.3) is 0 Å². The highest BCUT2D eigenvalue weighted by Crippen LogP contribution is 2.38. The first-order valence-corrected chi connectivity index (χ1v) is 9.97. The van der Waals surface area contributed by atoms with Crippen LogP contribution in [0.2, 0.25) is 0 Å². The van der Waals surface area contributed by atoms with Crippen molar-refractivity contribution >= 4 is 11.9 Å². The maximum absolute atomic E-state index is 12.4. The Kier molecular flexibility index (Phi) is 8.17. The summed E-state index contributed by atoms with van der Waals surface area (Å²) in [5, 5.41) is 0. The highest BCUT2D eigenvalue weighted by molar-refractivity contribution is 5.92.